The molecule has 4 heteroatoms. The van der Waals surface area contributed by atoms with E-state index < -0.39 is 0 Å². The molecule has 0 heterocycles. The highest BCUT2D eigenvalue weighted by Crippen LogP contribution is 2.37. The minimum atomic E-state index is 0.400. The van der Waals surface area contributed by atoms with Gasteiger partial charge in [0.2, 0.25) is 0 Å². The van der Waals surface area contributed by atoms with Gasteiger partial charge in [0.15, 0.2) is 11.5 Å². The average Bonchev–Trinajstić information content (AvgIpc) is 2.17. The fourth-order valence-corrected chi connectivity index (χ4v) is 1.38. The van der Waals surface area contributed by atoms with Gasteiger partial charge in [0.05, 0.1) is 19.2 Å². The molecule has 0 aromatic heterocycles. The fraction of sp³-hybridized carbons (Fsp3) is 0.333. The molecule has 3 nitrogen and oxygen atoms in total. The highest BCUT2D eigenvalue weighted by atomic mass is 35.5. The van der Waals surface area contributed by atoms with Crippen molar-refractivity contribution in [3.8, 4) is 11.5 Å². The summed E-state index contributed by atoms with van der Waals surface area (Å²) in [6, 6.07) is 3.56. The van der Waals surface area contributed by atoms with Gasteiger partial charge in [0.1, 0.15) is 0 Å². The maximum atomic E-state index is 5.89. The molecule has 1 aromatic carbocycles. The van der Waals surface area contributed by atoms with Gasteiger partial charge in [0, 0.05) is 12.1 Å². The molecule has 0 aliphatic heterocycles. The molecule has 0 fully saturated rings. The van der Waals surface area contributed by atoms with E-state index in [1.165, 1.54) is 0 Å². The Balaban J connectivity index is 3.27. The first-order valence-electron chi connectivity index (χ1n) is 3.84. The molecule has 0 atom stereocenters. The van der Waals surface area contributed by atoms with Crippen molar-refractivity contribution in [2.45, 2.75) is 6.54 Å². The topological polar surface area (TPSA) is 44.5 Å². The Morgan fingerprint density at radius 2 is 1.85 bits per heavy atom. The van der Waals surface area contributed by atoms with Gasteiger partial charge in [-0.05, 0) is 6.07 Å². The lowest BCUT2D eigenvalue weighted by molar-refractivity contribution is 0.352. The van der Waals surface area contributed by atoms with Crippen molar-refractivity contribution in [3.05, 3.63) is 22.7 Å². The minimum Gasteiger partial charge on any atom is -0.492 e. The Kier molecular flexibility index (Phi) is 3.39. The second kappa shape index (κ2) is 4.35. The first-order valence-corrected chi connectivity index (χ1v) is 4.21. The fourth-order valence-electron chi connectivity index (χ4n) is 1.15. The predicted molar refractivity (Wildman–Crippen MR) is 52.4 cm³/mol. The van der Waals surface area contributed by atoms with Crippen LogP contribution in [0.4, 0.5) is 0 Å². The van der Waals surface area contributed by atoms with Crippen LogP contribution in [0.2, 0.25) is 5.02 Å². The van der Waals surface area contributed by atoms with Crippen molar-refractivity contribution in [2.75, 3.05) is 14.2 Å². The van der Waals surface area contributed by atoms with Crippen LogP contribution in [0.3, 0.4) is 0 Å². The largest absolute Gasteiger partial charge is 0.492 e. The molecule has 0 saturated carbocycles. The minimum absolute atomic E-state index is 0.400. The molecule has 0 amide bonds. The van der Waals surface area contributed by atoms with Gasteiger partial charge < -0.3 is 15.2 Å². The molecule has 13 heavy (non-hydrogen) atoms. The maximum absolute atomic E-state index is 5.89. The Labute approximate surface area is 82.4 Å². The third kappa shape index (κ3) is 1.87. The summed E-state index contributed by atoms with van der Waals surface area (Å²) in [5.74, 6) is 1.14. The van der Waals surface area contributed by atoms with Crippen LogP contribution in [-0.4, -0.2) is 14.2 Å². The van der Waals surface area contributed by atoms with Crippen molar-refractivity contribution in [1.82, 2.24) is 0 Å². The highest BCUT2D eigenvalue weighted by molar-refractivity contribution is 6.32. The zero-order valence-electron chi connectivity index (χ0n) is 7.63. The van der Waals surface area contributed by atoms with Crippen LogP contribution in [0.15, 0.2) is 12.1 Å². The third-order valence-corrected chi connectivity index (χ3v) is 2.07. The second-order valence-electron chi connectivity index (χ2n) is 2.48. The van der Waals surface area contributed by atoms with E-state index >= 15 is 0 Å². The van der Waals surface area contributed by atoms with E-state index in [9.17, 15) is 0 Å². The Hall–Kier alpha value is -0.930. The molecule has 0 saturated heterocycles. The second-order valence-corrected chi connectivity index (χ2v) is 2.88. The van der Waals surface area contributed by atoms with Crippen molar-refractivity contribution < 1.29 is 9.47 Å². The van der Waals surface area contributed by atoms with Crippen molar-refractivity contribution in [3.63, 3.8) is 0 Å². The number of hydrogen-bond acceptors (Lipinski definition) is 3. The van der Waals surface area contributed by atoms with Gasteiger partial charge in [-0.1, -0.05) is 17.7 Å². The zero-order chi connectivity index (χ0) is 9.84. The lowest BCUT2D eigenvalue weighted by Crippen LogP contribution is -2.01. The number of ether oxygens (including phenoxy) is 2. The van der Waals surface area contributed by atoms with Gasteiger partial charge in [-0.3, -0.25) is 0 Å². The van der Waals surface area contributed by atoms with Crippen molar-refractivity contribution in [1.29, 1.82) is 0 Å². The normalized spacial score (nSPS) is 9.85. The Morgan fingerprint density at radius 3 is 2.31 bits per heavy atom. The summed E-state index contributed by atoms with van der Waals surface area (Å²) in [5.41, 5.74) is 6.40. The molecule has 0 aliphatic rings. The molecule has 0 unspecified atom stereocenters. The average molecular weight is 202 g/mol. The van der Waals surface area contributed by atoms with Crippen molar-refractivity contribution >= 4 is 11.6 Å². The molecule has 0 radical (unpaired) electrons. The molecule has 1 aromatic rings. The third-order valence-electron chi connectivity index (χ3n) is 1.77. The van der Waals surface area contributed by atoms with Gasteiger partial charge >= 0.3 is 0 Å². The summed E-state index contributed by atoms with van der Waals surface area (Å²) in [6.45, 7) is 0.400. The van der Waals surface area contributed by atoms with E-state index in [2.05, 4.69) is 0 Å². The number of halogens is 1. The number of methoxy groups -OCH3 is 2. The standard InChI is InChI=1S/C9H12ClNO2/c1-12-8-6(5-11)3-4-7(10)9(8)13-2/h3-4H,5,11H2,1-2H3. The van der Waals surface area contributed by atoms with E-state index in [1.54, 1.807) is 20.3 Å². The number of nitrogens with two attached hydrogens (primary N) is 1. The van der Waals surface area contributed by atoms with Crippen LogP contribution >= 0.6 is 11.6 Å². The van der Waals surface area contributed by atoms with E-state index in [0.29, 0.717) is 23.1 Å². The Bertz CT molecular complexity index is 302. The predicted octanol–water partition coefficient (Wildman–Crippen LogP) is 1.82. The van der Waals surface area contributed by atoms with E-state index in [-0.39, 0.29) is 0 Å². The monoisotopic (exact) mass is 201 g/mol. The molecule has 1 rings (SSSR count). The first-order chi connectivity index (χ1) is 6.24. The quantitative estimate of drug-likeness (QED) is 0.812. The van der Waals surface area contributed by atoms with Crippen LogP contribution in [-0.2, 0) is 6.54 Å². The summed E-state index contributed by atoms with van der Waals surface area (Å²) >= 11 is 5.89. The summed E-state index contributed by atoms with van der Waals surface area (Å²) in [5, 5.41) is 0.525. The summed E-state index contributed by atoms with van der Waals surface area (Å²) in [7, 11) is 3.11. The molecule has 2 N–H and O–H groups in total. The molecule has 0 bridgehead atoms. The van der Waals surface area contributed by atoms with E-state index in [1.807, 2.05) is 6.07 Å². The molecule has 0 aliphatic carbocycles. The molecular formula is C9H12ClNO2. The summed E-state index contributed by atoms with van der Waals surface area (Å²) in [6.07, 6.45) is 0. The number of hydrogen-bond donors (Lipinski definition) is 1. The lowest BCUT2D eigenvalue weighted by Gasteiger charge is -2.12. The van der Waals surface area contributed by atoms with Crippen molar-refractivity contribution in [2.24, 2.45) is 5.73 Å². The summed E-state index contributed by atoms with van der Waals surface area (Å²) < 4.78 is 10.2. The lowest BCUT2D eigenvalue weighted by atomic mass is 10.2. The smallest absolute Gasteiger partial charge is 0.179 e. The van der Waals surface area contributed by atoms with Crippen LogP contribution in [0.25, 0.3) is 0 Å². The molecular weight excluding hydrogens is 190 g/mol. The first kappa shape index (κ1) is 10.2. The van der Waals surface area contributed by atoms with Gasteiger partial charge in [-0.2, -0.15) is 0 Å². The number of rotatable bonds is 3. The van der Waals surface area contributed by atoms with Gasteiger partial charge in [-0.15, -0.1) is 0 Å². The van der Waals surface area contributed by atoms with Crippen LogP contribution in [0.1, 0.15) is 5.56 Å². The van der Waals surface area contributed by atoms with Crippen LogP contribution < -0.4 is 15.2 Å². The van der Waals surface area contributed by atoms with E-state index in [4.69, 9.17) is 26.8 Å². The van der Waals surface area contributed by atoms with Gasteiger partial charge in [0.25, 0.3) is 0 Å². The molecule has 0 spiro atoms. The van der Waals surface area contributed by atoms with Crippen LogP contribution in [0.5, 0.6) is 11.5 Å². The zero-order valence-corrected chi connectivity index (χ0v) is 8.39. The van der Waals surface area contributed by atoms with Crippen LogP contribution in [0, 0.1) is 0 Å². The van der Waals surface area contributed by atoms with Gasteiger partial charge in [-0.25, -0.2) is 0 Å². The number of benzene rings is 1. The Morgan fingerprint density at radius 1 is 1.23 bits per heavy atom. The maximum Gasteiger partial charge on any atom is 0.179 e. The highest BCUT2D eigenvalue weighted by Gasteiger charge is 2.12. The SMILES string of the molecule is COc1c(Cl)ccc(CN)c1OC. The summed E-state index contributed by atoms with van der Waals surface area (Å²) in [4.78, 5) is 0. The molecule has 72 valence electrons. The van der Waals surface area contributed by atoms with E-state index in [0.717, 1.165) is 5.56 Å².